The fourth-order valence-electron chi connectivity index (χ4n) is 2.31. The standard InChI is InChI=1S/C12H16BrNO/c13-11-4-2-1-3-10(11)12(9-15)5-7-14-8-6-12/h1-4,14-15H,5-9H2. The van der Waals surface area contributed by atoms with Gasteiger partial charge in [0, 0.05) is 9.89 Å². The summed E-state index contributed by atoms with van der Waals surface area (Å²) >= 11 is 3.58. The van der Waals surface area contributed by atoms with Gasteiger partial charge in [-0.1, -0.05) is 34.1 Å². The highest BCUT2D eigenvalue weighted by molar-refractivity contribution is 9.10. The molecule has 2 nitrogen and oxygen atoms in total. The largest absolute Gasteiger partial charge is 0.395 e. The van der Waals surface area contributed by atoms with Crippen LogP contribution in [0.2, 0.25) is 0 Å². The molecule has 1 saturated heterocycles. The molecule has 0 atom stereocenters. The van der Waals surface area contributed by atoms with Crippen molar-refractivity contribution in [2.45, 2.75) is 18.3 Å². The predicted octanol–water partition coefficient (Wildman–Crippen LogP) is 2.06. The Morgan fingerprint density at radius 2 is 1.93 bits per heavy atom. The first kappa shape index (κ1) is 11.1. The van der Waals surface area contributed by atoms with E-state index in [1.165, 1.54) is 5.56 Å². The van der Waals surface area contributed by atoms with Crippen LogP contribution in [0.4, 0.5) is 0 Å². The van der Waals surface area contributed by atoms with Crippen molar-refractivity contribution in [2.24, 2.45) is 0 Å². The van der Waals surface area contributed by atoms with E-state index in [1.54, 1.807) is 0 Å². The van der Waals surface area contributed by atoms with Gasteiger partial charge >= 0.3 is 0 Å². The zero-order valence-electron chi connectivity index (χ0n) is 8.67. The number of hydrogen-bond acceptors (Lipinski definition) is 2. The molecule has 0 amide bonds. The van der Waals surface area contributed by atoms with Crippen molar-refractivity contribution in [3.8, 4) is 0 Å². The second-order valence-electron chi connectivity index (χ2n) is 4.17. The van der Waals surface area contributed by atoms with Crippen molar-refractivity contribution in [2.75, 3.05) is 19.7 Å². The number of nitrogens with one attached hydrogen (secondary N) is 1. The smallest absolute Gasteiger partial charge is 0.0529 e. The van der Waals surface area contributed by atoms with Crippen molar-refractivity contribution >= 4 is 15.9 Å². The van der Waals surface area contributed by atoms with Crippen molar-refractivity contribution in [1.29, 1.82) is 0 Å². The fourth-order valence-corrected chi connectivity index (χ4v) is 3.01. The third-order valence-corrected chi connectivity index (χ3v) is 4.00. The molecule has 0 radical (unpaired) electrons. The van der Waals surface area contributed by atoms with Crippen molar-refractivity contribution in [1.82, 2.24) is 5.32 Å². The first-order chi connectivity index (χ1) is 7.28. The van der Waals surface area contributed by atoms with Gasteiger partial charge in [0.2, 0.25) is 0 Å². The number of hydrogen-bond donors (Lipinski definition) is 2. The van der Waals surface area contributed by atoms with Gasteiger partial charge in [-0.05, 0) is 37.6 Å². The average molecular weight is 270 g/mol. The number of aliphatic hydroxyl groups excluding tert-OH is 1. The van der Waals surface area contributed by atoms with Crippen LogP contribution in [-0.4, -0.2) is 24.8 Å². The summed E-state index contributed by atoms with van der Waals surface area (Å²) in [7, 11) is 0. The van der Waals surface area contributed by atoms with Crippen LogP contribution in [0.25, 0.3) is 0 Å². The molecule has 1 aliphatic rings. The fraction of sp³-hybridized carbons (Fsp3) is 0.500. The summed E-state index contributed by atoms with van der Waals surface area (Å²) < 4.78 is 1.11. The monoisotopic (exact) mass is 269 g/mol. The zero-order valence-corrected chi connectivity index (χ0v) is 10.3. The van der Waals surface area contributed by atoms with Gasteiger partial charge in [-0.3, -0.25) is 0 Å². The van der Waals surface area contributed by atoms with E-state index in [0.717, 1.165) is 30.4 Å². The molecule has 2 rings (SSSR count). The van der Waals surface area contributed by atoms with Gasteiger partial charge in [-0.2, -0.15) is 0 Å². The van der Waals surface area contributed by atoms with Gasteiger partial charge in [0.15, 0.2) is 0 Å². The molecule has 0 aromatic heterocycles. The molecular formula is C12H16BrNO. The maximum atomic E-state index is 9.67. The molecule has 1 aromatic rings. The summed E-state index contributed by atoms with van der Waals surface area (Å²) in [5.74, 6) is 0. The van der Waals surface area contributed by atoms with Crippen LogP contribution in [0.15, 0.2) is 28.7 Å². The lowest BCUT2D eigenvalue weighted by Crippen LogP contribution is -2.42. The van der Waals surface area contributed by atoms with Crippen LogP contribution in [-0.2, 0) is 5.41 Å². The third-order valence-electron chi connectivity index (χ3n) is 3.31. The van der Waals surface area contributed by atoms with E-state index >= 15 is 0 Å². The molecule has 0 aliphatic carbocycles. The maximum absolute atomic E-state index is 9.67. The molecular weight excluding hydrogens is 254 g/mol. The van der Waals surface area contributed by atoms with E-state index in [2.05, 4.69) is 33.4 Å². The summed E-state index contributed by atoms with van der Waals surface area (Å²) in [5.41, 5.74) is 1.19. The Kier molecular flexibility index (Phi) is 3.44. The molecule has 15 heavy (non-hydrogen) atoms. The minimum atomic E-state index is -0.0503. The molecule has 1 fully saturated rings. The second-order valence-corrected chi connectivity index (χ2v) is 5.02. The minimum Gasteiger partial charge on any atom is -0.395 e. The topological polar surface area (TPSA) is 32.3 Å². The van der Waals surface area contributed by atoms with E-state index in [9.17, 15) is 5.11 Å². The van der Waals surface area contributed by atoms with Crippen molar-refractivity contribution in [3.63, 3.8) is 0 Å². The van der Waals surface area contributed by atoms with Gasteiger partial charge in [-0.25, -0.2) is 0 Å². The quantitative estimate of drug-likeness (QED) is 0.862. The highest BCUT2D eigenvalue weighted by Crippen LogP contribution is 2.37. The predicted molar refractivity (Wildman–Crippen MR) is 65.0 cm³/mol. The summed E-state index contributed by atoms with van der Waals surface area (Å²) in [4.78, 5) is 0. The Morgan fingerprint density at radius 1 is 1.27 bits per heavy atom. The first-order valence-electron chi connectivity index (χ1n) is 5.35. The van der Waals surface area contributed by atoms with E-state index in [-0.39, 0.29) is 12.0 Å². The molecule has 1 heterocycles. The molecule has 1 aliphatic heterocycles. The van der Waals surface area contributed by atoms with Gasteiger partial charge in [0.25, 0.3) is 0 Å². The Labute approximate surface area is 98.8 Å². The van der Waals surface area contributed by atoms with E-state index in [0.29, 0.717) is 0 Å². The first-order valence-corrected chi connectivity index (χ1v) is 6.14. The number of piperidine rings is 1. The van der Waals surface area contributed by atoms with Crippen LogP contribution in [0.1, 0.15) is 18.4 Å². The van der Waals surface area contributed by atoms with Gasteiger partial charge in [-0.15, -0.1) is 0 Å². The number of aliphatic hydroxyl groups is 1. The van der Waals surface area contributed by atoms with Gasteiger partial charge < -0.3 is 10.4 Å². The molecule has 0 unspecified atom stereocenters. The molecule has 1 aromatic carbocycles. The lowest BCUT2D eigenvalue weighted by atomic mass is 9.74. The maximum Gasteiger partial charge on any atom is 0.0529 e. The molecule has 0 spiro atoms. The molecule has 0 bridgehead atoms. The van der Waals surface area contributed by atoms with Crippen LogP contribution in [0.5, 0.6) is 0 Å². The molecule has 82 valence electrons. The van der Waals surface area contributed by atoms with Crippen LogP contribution >= 0.6 is 15.9 Å². The van der Waals surface area contributed by atoms with Crippen molar-refractivity contribution in [3.05, 3.63) is 34.3 Å². The van der Waals surface area contributed by atoms with Crippen LogP contribution < -0.4 is 5.32 Å². The molecule has 3 heteroatoms. The Bertz CT molecular complexity index is 334. The lowest BCUT2D eigenvalue weighted by molar-refractivity contribution is 0.157. The number of halogens is 1. The normalized spacial score (nSPS) is 20.1. The molecule has 2 N–H and O–H groups in total. The Morgan fingerprint density at radius 3 is 2.53 bits per heavy atom. The number of benzene rings is 1. The zero-order chi connectivity index (χ0) is 10.7. The Balaban J connectivity index is 2.36. The van der Waals surface area contributed by atoms with Gasteiger partial charge in [0.05, 0.1) is 6.61 Å². The van der Waals surface area contributed by atoms with Gasteiger partial charge in [0.1, 0.15) is 0 Å². The van der Waals surface area contributed by atoms with E-state index in [1.807, 2.05) is 12.1 Å². The van der Waals surface area contributed by atoms with Crippen LogP contribution in [0, 0.1) is 0 Å². The van der Waals surface area contributed by atoms with E-state index < -0.39 is 0 Å². The highest BCUT2D eigenvalue weighted by Gasteiger charge is 2.34. The number of rotatable bonds is 2. The summed E-state index contributed by atoms with van der Waals surface area (Å²) in [5, 5.41) is 13.0. The molecule has 0 saturated carbocycles. The SMILES string of the molecule is OCC1(c2ccccc2Br)CCNCC1. The van der Waals surface area contributed by atoms with E-state index in [4.69, 9.17) is 0 Å². The highest BCUT2D eigenvalue weighted by atomic mass is 79.9. The van der Waals surface area contributed by atoms with Crippen molar-refractivity contribution < 1.29 is 5.11 Å². The second kappa shape index (κ2) is 4.64. The summed E-state index contributed by atoms with van der Waals surface area (Å²) in [6, 6.07) is 8.22. The third kappa shape index (κ3) is 2.10. The minimum absolute atomic E-state index is 0.0503. The lowest BCUT2D eigenvalue weighted by Gasteiger charge is -2.37. The average Bonchev–Trinajstić information content (AvgIpc) is 2.30. The Hall–Kier alpha value is -0.380. The summed E-state index contributed by atoms with van der Waals surface area (Å²) in [6.45, 7) is 2.21. The van der Waals surface area contributed by atoms with Crippen LogP contribution in [0.3, 0.4) is 0 Å². The summed E-state index contributed by atoms with van der Waals surface area (Å²) in [6.07, 6.45) is 2.01.